The van der Waals surface area contributed by atoms with Crippen LogP contribution in [0, 0.1) is 0 Å². The van der Waals surface area contributed by atoms with E-state index in [0.717, 1.165) is 4.90 Å². The van der Waals surface area contributed by atoms with Gasteiger partial charge in [-0.1, -0.05) is 6.92 Å². The second-order valence-electron chi connectivity index (χ2n) is 3.66. The highest BCUT2D eigenvalue weighted by Gasteiger charge is 2.31. The molecule has 0 aliphatic rings. The highest BCUT2D eigenvalue weighted by atomic mass is 19.4. The Balaban J connectivity index is 3.01. The number of halogens is 3. The molecule has 0 saturated carbocycles. The Morgan fingerprint density at radius 3 is 2.56 bits per heavy atom. The summed E-state index contributed by atoms with van der Waals surface area (Å²) in [6.45, 7) is 0.921. The first-order valence-electron chi connectivity index (χ1n) is 5.36. The van der Waals surface area contributed by atoms with Gasteiger partial charge in [0.05, 0.1) is 7.11 Å². The first kappa shape index (κ1) is 14.3. The summed E-state index contributed by atoms with van der Waals surface area (Å²) >= 11 is 0. The largest absolute Gasteiger partial charge is 0.481 e. The Morgan fingerprint density at radius 1 is 1.39 bits per heavy atom. The molecule has 5 nitrogen and oxygen atoms in total. The molecule has 0 radical (unpaired) electrons. The lowest BCUT2D eigenvalue weighted by Crippen LogP contribution is -2.35. The first-order chi connectivity index (χ1) is 8.35. The Labute approximate surface area is 103 Å². The molecule has 0 amide bonds. The molecule has 1 aromatic rings. The summed E-state index contributed by atoms with van der Waals surface area (Å²) in [5.74, 6) is 0.131. The second-order valence-corrected chi connectivity index (χ2v) is 3.66. The van der Waals surface area contributed by atoms with Crippen molar-refractivity contribution in [3.05, 3.63) is 6.07 Å². The normalized spacial score (nSPS) is 11.4. The number of ether oxygens (including phenoxy) is 1. The summed E-state index contributed by atoms with van der Waals surface area (Å²) in [7, 11) is 1.36. The summed E-state index contributed by atoms with van der Waals surface area (Å²) in [5, 5.41) is 0. The van der Waals surface area contributed by atoms with Gasteiger partial charge >= 0.3 is 6.18 Å². The van der Waals surface area contributed by atoms with Crippen molar-refractivity contribution in [1.29, 1.82) is 0 Å². The van der Waals surface area contributed by atoms with Crippen LogP contribution in [0.25, 0.3) is 0 Å². The van der Waals surface area contributed by atoms with Gasteiger partial charge in [-0.05, 0) is 6.42 Å². The van der Waals surface area contributed by atoms with Gasteiger partial charge in [0.1, 0.15) is 12.4 Å². The van der Waals surface area contributed by atoms with E-state index < -0.39 is 12.7 Å². The van der Waals surface area contributed by atoms with E-state index in [-0.39, 0.29) is 24.2 Å². The molecular formula is C10H15F3N4O. The lowest BCUT2D eigenvalue weighted by atomic mass is 10.3. The van der Waals surface area contributed by atoms with E-state index in [0.29, 0.717) is 6.42 Å². The van der Waals surface area contributed by atoms with E-state index in [1.807, 2.05) is 0 Å². The molecule has 8 heteroatoms. The molecule has 0 fully saturated rings. The van der Waals surface area contributed by atoms with E-state index in [4.69, 9.17) is 10.5 Å². The SMILES string of the molecule is CCCN(CC(F)(F)F)c1cc(OC)nc(N)n1. The van der Waals surface area contributed by atoms with Crippen molar-refractivity contribution in [2.45, 2.75) is 19.5 Å². The molecule has 0 aromatic carbocycles. The number of anilines is 2. The van der Waals surface area contributed by atoms with E-state index >= 15 is 0 Å². The summed E-state index contributed by atoms with van der Waals surface area (Å²) in [5.41, 5.74) is 5.42. The monoisotopic (exact) mass is 264 g/mol. The highest BCUT2D eigenvalue weighted by Crippen LogP contribution is 2.23. The van der Waals surface area contributed by atoms with Crippen LogP contribution in [-0.4, -0.2) is 36.3 Å². The molecule has 0 aliphatic carbocycles. The van der Waals surface area contributed by atoms with E-state index in [9.17, 15) is 13.2 Å². The average Bonchev–Trinajstić information content (AvgIpc) is 2.26. The first-order valence-corrected chi connectivity index (χ1v) is 5.36. The molecule has 0 atom stereocenters. The van der Waals surface area contributed by atoms with Crippen molar-refractivity contribution in [2.75, 3.05) is 30.8 Å². The number of nitrogens with two attached hydrogens (primary N) is 1. The molecule has 2 N–H and O–H groups in total. The van der Waals surface area contributed by atoms with Crippen LogP contribution in [0.2, 0.25) is 0 Å². The predicted molar refractivity (Wildman–Crippen MR) is 61.6 cm³/mol. The Bertz CT molecular complexity index is 397. The molecule has 0 saturated heterocycles. The predicted octanol–water partition coefficient (Wildman–Crippen LogP) is 1.85. The number of rotatable bonds is 5. The van der Waals surface area contributed by atoms with Crippen LogP contribution in [0.1, 0.15) is 13.3 Å². The lowest BCUT2D eigenvalue weighted by molar-refractivity contribution is -0.119. The van der Waals surface area contributed by atoms with Crippen molar-refractivity contribution in [1.82, 2.24) is 9.97 Å². The zero-order valence-corrected chi connectivity index (χ0v) is 10.2. The van der Waals surface area contributed by atoms with Gasteiger partial charge in [0, 0.05) is 12.6 Å². The molecule has 1 aromatic heterocycles. The van der Waals surface area contributed by atoms with Crippen LogP contribution in [0.15, 0.2) is 6.07 Å². The molecule has 0 aliphatic heterocycles. The van der Waals surface area contributed by atoms with Gasteiger partial charge in [0.15, 0.2) is 0 Å². The fourth-order valence-electron chi connectivity index (χ4n) is 1.46. The zero-order chi connectivity index (χ0) is 13.8. The number of nitrogens with zero attached hydrogens (tertiary/aromatic N) is 3. The average molecular weight is 264 g/mol. The van der Waals surface area contributed by atoms with Gasteiger partial charge in [-0.3, -0.25) is 0 Å². The minimum atomic E-state index is -4.30. The summed E-state index contributed by atoms with van der Waals surface area (Å²) in [6, 6.07) is 1.33. The topological polar surface area (TPSA) is 64.3 Å². The standard InChI is InChI=1S/C10H15F3N4O/c1-3-4-17(6-10(11,12)13)7-5-8(18-2)16-9(14)15-7/h5H,3-4,6H2,1-2H3,(H2,14,15,16). The Hall–Kier alpha value is -1.73. The Kier molecular flexibility index (Phi) is 4.57. The highest BCUT2D eigenvalue weighted by molar-refractivity contribution is 5.45. The van der Waals surface area contributed by atoms with Crippen molar-refractivity contribution < 1.29 is 17.9 Å². The van der Waals surface area contributed by atoms with Crippen molar-refractivity contribution >= 4 is 11.8 Å². The summed E-state index contributed by atoms with van der Waals surface area (Å²) in [4.78, 5) is 8.62. The summed E-state index contributed by atoms with van der Waals surface area (Å²) < 4.78 is 42.2. The molecule has 0 unspecified atom stereocenters. The van der Waals surface area contributed by atoms with Crippen LogP contribution >= 0.6 is 0 Å². The molecule has 18 heavy (non-hydrogen) atoms. The van der Waals surface area contributed by atoms with E-state index in [1.54, 1.807) is 6.92 Å². The molecule has 0 bridgehead atoms. The van der Waals surface area contributed by atoms with Crippen molar-refractivity contribution in [3.8, 4) is 5.88 Å². The quantitative estimate of drug-likeness (QED) is 0.879. The molecule has 1 heterocycles. The lowest BCUT2D eigenvalue weighted by Gasteiger charge is -2.24. The number of alkyl halides is 3. The zero-order valence-electron chi connectivity index (χ0n) is 10.2. The van der Waals surface area contributed by atoms with E-state index in [2.05, 4.69) is 9.97 Å². The third kappa shape index (κ3) is 4.27. The van der Waals surface area contributed by atoms with Crippen LogP contribution < -0.4 is 15.4 Å². The number of aromatic nitrogens is 2. The van der Waals surface area contributed by atoms with Gasteiger partial charge in [-0.25, -0.2) is 0 Å². The van der Waals surface area contributed by atoms with Crippen molar-refractivity contribution in [2.24, 2.45) is 0 Å². The Morgan fingerprint density at radius 2 is 2.06 bits per heavy atom. The third-order valence-corrected chi connectivity index (χ3v) is 2.10. The number of nitrogen functional groups attached to an aromatic ring is 1. The molecule has 0 spiro atoms. The maximum absolute atomic E-state index is 12.5. The van der Waals surface area contributed by atoms with Gasteiger partial charge in [0.25, 0.3) is 0 Å². The smallest absolute Gasteiger partial charge is 0.405 e. The fraction of sp³-hybridized carbons (Fsp3) is 0.600. The molecule has 102 valence electrons. The van der Waals surface area contributed by atoms with Crippen LogP contribution in [0.5, 0.6) is 5.88 Å². The minimum Gasteiger partial charge on any atom is -0.481 e. The van der Waals surface area contributed by atoms with Gasteiger partial charge < -0.3 is 15.4 Å². The van der Waals surface area contributed by atoms with Crippen LogP contribution in [0.4, 0.5) is 24.9 Å². The maximum Gasteiger partial charge on any atom is 0.405 e. The molecular weight excluding hydrogens is 249 g/mol. The summed E-state index contributed by atoms with van der Waals surface area (Å²) in [6.07, 6.45) is -3.75. The van der Waals surface area contributed by atoms with Gasteiger partial charge in [-0.2, -0.15) is 23.1 Å². The minimum absolute atomic E-state index is 0.110. The van der Waals surface area contributed by atoms with Crippen LogP contribution in [-0.2, 0) is 0 Å². The van der Waals surface area contributed by atoms with E-state index in [1.165, 1.54) is 13.2 Å². The van der Waals surface area contributed by atoms with Crippen LogP contribution in [0.3, 0.4) is 0 Å². The van der Waals surface area contributed by atoms with Gasteiger partial charge in [-0.15, -0.1) is 0 Å². The van der Waals surface area contributed by atoms with Gasteiger partial charge in [0.2, 0.25) is 11.8 Å². The maximum atomic E-state index is 12.5. The third-order valence-electron chi connectivity index (χ3n) is 2.10. The number of hydrogen-bond donors (Lipinski definition) is 1. The fourth-order valence-corrected chi connectivity index (χ4v) is 1.46. The number of hydrogen-bond acceptors (Lipinski definition) is 5. The number of methoxy groups -OCH3 is 1. The van der Waals surface area contributed by atoms with Crippen molar-refractivity contribution in [3.63, 3.8) is 0 Å². The molecule has 1 rings (SSSR count). The second kappa shape index (κ2) is 5.74.